The zero-order chi connectivity index (χ0) is 24.4. The molecule has 1 aliphatic rings. The fraction of sp³-hybridized carbons (Fsp3) is 0.0769. The number of hydrogen-bond acceptors (Lipinski definition) is 8. The number of hydrogen-bond donors (Lipinski definition) is 1. The lowest BCUT2D eigenvalue weighted by Crippen LogP contribution is -2.29. The standard InChI is InChI=1S/C26H20N6O2S/c1-16(28-31-26-27-17(2)23(35-26)30-29-19-8-4-3-5-9-19)18-12-14-20(15-13-18)32-24(33)21-10-6-7-11-22(21)25(32)34/h3-15H,1-2H3,(H,27,31). The Balaban J connectivity index is 1.28. The number of anilines is 2. The Morgan fingerprint density at radius 1 is 0.857 bits per heavy atom. The van der Waals surface area contributed by atoms with Crippen molar-refractivity contribution < 1.29 is 9.59 Å². The molecule has 0 saturated carbocycles. The highest BCUT2D eigenvalue weighted by atomic mass is 32.1. The van der Waals surface area contributed by atoms with Gasteiger partial charge in [0, 0.05) is 0 Å². The Morgan fingerprint density at radius 2 is 1.49 bits per heavy atom. The quantitative estimate of drug-likeness (QED) is 0.147. The molecule has 2 amide bonds. The van der Waals surface area contributed by atoms with E-state index >= 15 is 0 Å². The predicted molar refractivity (Wildman–Crippen MR) is 137 cm³/mol. The number of benzene rings is 3. The summed E-state index contributed by atoms with van der Waals surface area (Å²) < 4.78 is 0. The Kier molecular flexibility index (Phi) is 5.99. The maximum atomic E-state index is 12.7. The molecular weight excluding hydrogens is 460 g/mol. The average Bonchev–Trinajstić information content (AvgIpc) is 3.38. The summed E-state index contributed by atoms with van der Waals surface area (Å²) in [6.45, 7) is 3.73. The molecule has 5 rings (SSSR count). The van der Waals surface area contributed by atoms with Gasteiger partial charge in [-0.15, -0.1) is 10.2 Å². The summed E-state index contributed by atoms with van der Waals surface area (Å²) in [5.41, 5.74) is 7.43. The third-order valence-electron chi connectivity index (χ3n) is 5.44. The SMILES string of the molecule is CC(=NNc1nc(C)c(N=Nc2ccccc2)s1)c1ccc(N2C(=O)c3ccccc3C2=O)cc1. The summed E-state index contributed by atoms with van der Waals surface area (Å²) >= 11 is 1.36. The number of fused-ring (bicyclic) bond motifs is 1. The molecule has 9 heteroatoms. The van der Waals surface area contributed by atoms with Crippen LogP contribution < -0.4 is 10.3 Å². The molecule has 172 valence electrons. The lowest BCUT2D eigenvalue weighted by molar-refractivity contribution is 0.0926. The van der Waals surface area contributed by atoms with Crippen LogP contribution in [0.1, 0.15) is 38.9 Å². The van der Waals surface area contributed by atoms with Crippen LogP contribution in [-0.2, 0) is 0 Å². The Morgan fingerprint density at radius 3 is 2.14 bits per heavy atom. The van der Waals surface area contributed by atoms with Crippen molar-refractivity contribution >= 4 is 50.4 Å². The van der Waals surface area contributed by atoms with Gasteiger partial charge in [-0.25, -0.2) is 9.88 Å². The van der Waals surface area contributed by atoms with E-state index in [1.807, 2.05) is 56.3 Å². The number of aromatic nitrogens is 1. The number of aryl methyl sites for hydroxylation is 1. The van der Waals surface area contributed by atoms with Gasteiger partial charge >= 0.3 is 0 Å². The first-order valence-electron chi connectivity index (χ1n) is 10.8. The van der Waals surface area contributed by atoms with E-state index in [1.54, 1.807) is 36.4 Å². The number of thiazole rings is 1. The van der Waals surface area contributed by atoms with E-state index in [4.69, 9.17) is 0 Å². The van der Waals surface area contributed by atoms with Crippen molar-refractivity contribution in [3.8, 4) is 0 Å². The number of carbonyl (C=O) groups excluding carboxylic acids is 2. The minimum absolute atomic E-state index is 0.315. The fourth-order valence-corrected chi connectivity index (χ4v) is 4.33. The molecule has 0 unspecified atom stereocenters. The van der Waals surface area contributed by atoms with Gasteiger partial charge in [0.25, 0.3) is 11.8 Å². The first-order valence-corrected chi connectivity index (χ1v) is 11.7. The highest BCUT2D eigenvalue weighted by Crippen LogP contribution is 2.32. The van der Waals surface area contributed by atoms with E-state index in [0.717, 1.165) is 22.7 Å². The summed E-state index contributed by atoms with van der Waals surface area (Å²) in [6, 6.07) is 23.5. The van der Waals surface area contributed by atoms with E-state index in [2.05, 4.69) is 25.7 Å². The number of rotatable bonds is 6. The van der Waals surface area contributed by atoms with Crippen LogP contribution in [0.15, 0.2) is 94.2 Å². The lowest BCUT2D eigenvalue weighted by Gasteiger charge is -2.14. The van der Waals surface area contributed by atoms with E-state index in [0.29, 0.717) is 26.9 Å². The van der Waals surface area contributed by atoms with Crippen LogP contribution in [0.3, 0.4) is 0 Å². The molecule has 2 heterocycles. The van der Waals surface area contributed by atoms with Gasteiger partial charge in [0.15, 0.2) is 5.00 Å². The van der Waals surface area contributed by atoms with E-state index in [9.17, 15) is 9.59 Å². The van der Waals surface area contributed by atoms with Crippen molar-refractivity contribution in [2.75, 3.05) is 10.3 Å². The summed E-state index contributed by atoms with van der Waals surface area (Å²) in [5.74, 6) is -0.630. The second-order valence-corrected chi connectivity index (χ2v) is 8.77. The first kappa shape index (κ1) is 22.3. The van der Waals surface area contributed by atoms with Crippen LogP contribution in [0.2, 0.25) is 0 Å². The maximum Gasteiger partial charge on any atom is 0.266 e. The van der Waals surface area contributed by atoms with Crippen molar-refractivity contribution in [1.82, 2.24) is 4.98 Å². The number of nitrogens with zero attached hydrogens (tertiary/aromatic N) is 5. The van der Waals surface area contributed by atoms with Crippen LogP contribution in [0, 0.1) is 6.92 Å². The minimum Gasteiger partial charge on any atom is -0.268 e. The van der Waals surface area contributed by atoms with Crippen molar-refractivity contribution in [2.45, 2.75) is 13.8 Å². The van der Waals surface area contributed by atoms with Gasteiger partial charge in [0.2, 0.25) is 5.13 Å². The average molecular weight is 481 g/mol. The fourth-order valence-electron chi connectivity index (χ4n) is 3.60. The molecule has 3 aromatic carbocycles. The molecule has 0 aliphatic carbocycles. The Bertz CT molecular complexity index is 1440. The van der Waals surface area contributed by atoms with Crippen LogP contribution in [0.25, 0.3) is 0 Å². The number of carbonyl (C=O) groups is 2. The summed E-state index contributed by atoms with van der Waals surface area (Å²) in [5, 5.41) is 14.3. The summed E-state index contributed by atoms with van der Waals surface area (Å²) in [4.78, 5) is 31.0. The molecule has 0 bridgehead atoms. The van der Waals surface area contributed by atoms with Gasteiger partial charge in [-0.2, -0.15) is 5.10 Å². The largest absolute Gasteiger partial charge is 0.268 e. The summed E-state index contributed by atoms with van der Waals surface area (Å²) in [6.07, 6.45) is 0. The molecule has 0 radical (unpaired) electrons. The number of azo groups is 1. The third-order valence-corrected chi connectivity index (χ3v) is 6.39. The second kappa shape index (κ2) is 9.40. The van der Waals surface area contributed by atoms with Gasteiger partial charge in [0.1, 0.15) is 0 Å². The summed E-state index contributed by atoms with van der Waals surface area (Å²) in [7, 11) is 0. The second-order valence-electron chi connectivity index (χ2n) is 7.79. The highest BCUT2D eigenvalue weighted by molar-refractivity contribution is 7.19. The van der Waals surface area contributed by atoms with Gasteiger partial charge in [-0.05, 0) is 55.8 Å². The van der Waals surface area contributed by atoms with Gasteiger partial charge < -0.3 is 0 Å². The highest BCUT2D eigenvalue weighted by Gasteiger charge is 2.36. The van der Waals surface area contributed by atoms with Crippen LogP contribution >= 0.6 is 11.3 Å². The molecule has 8 nitrogen and oxygen atoms in total. The monoisotopic (exact) mass is 480 g/mol. The molecule has 0 saturated heterocycles. The molecule has 35 heavy (non-hydrogen) atoms. The predicted octanol–water partition coefficient (Wildman–Crippen LogP) is 6.50. The van der Waals surface area contributed by atoms with Gasteiger partial charge in [-0.1, -0.05) is 53.8 Å². The van der Waals surface area contributed by atoms with E-state index < -0.39 is 0 Å². The number of amides is 2. The zero-order valence-corrected chi connectivity index (χ0v) is 19.8. The lowest BCUT2D eigenvalue weighted by atomic mass is 10.1. The Labute approximate surface area is 205 Å². The maximum absolute atomic E-state index is 12.7. The number of hydrazone groups is 1. The molecule has 1 N–H and O–H groups in total. The molecule has 1 aliphatic heterocycles. The number of imide groups is 1. The van der Waals surface area contributed by atoms with E-state index in [1.165, 1.54) is 16.2 Å². The molecule has 0 fully saturated rings. The topological polar surface area (TPSA) is 99.4 Å². The molecular formula is C26H20N6O2S. The number of nitrogens with one attached hydrogen (secondary N) is 1. The smallest absolute Gasteiger partial charge is 0.266 e. The minimum atomic E-state index is -0.315. The molecule has 1 aromatic heterocycles. The molecule has 0 atom stereocenters. The van der Waals surface area contributed by atoms with Crippen molar-refractivity contribution in [1.29, 1.82) is 0 Å². The normalized spacial score (nSPS) is 13.5. The Hall–Kier alpha value is -4.50. The van der Waals surface area contributed by atoms with Crippen molar-refractivity contribution in [2.24, 2.45) is 15.3 Å². The third kappa shape index (κ3) is 4.49. The van der Waals surface area contributed by atoms with Crippen LogP contribution in [-0.4, -0.2) is 22.5 Å². The first-order chi connectivity index (χ1) is 17.0. The van der Waals surface area contributed by atoms with Crippen LogP contribution in [0.4, 0.5) is 21.5 Å². The van der Waals surface area contributed by atoms with Crippen molar-refractivity contribution in [3.63, 3.8) is 0 Å². The zero-order valence-electron chi connectivity index (χ0n) is 19.0. The van der Waals surface area contributed by atoms with E-state index in [-0.39, 0.29) is 11.8 Å². The molecule has 4 aromatic rings. The van der Waals surface area contributed by atoms with Gasteiger partial charge in [0.05, 0.1) is 33.9 Å². The van der Waals surface area contributed by atoms with Crippen molar-refractivity contribution in [3.05, 3.63) is 101 Å². The van der Waals surface area contributed by atoms with Gasteiger partial charge in [-0.3, -0.25) is 15.0 Å². The van der Waals surface area contributed by atoms with Crippen LogP contribution in [0.5, 0.6) is 0 Å². The molecule has 0 spiro atoms.